The molecule has 0 atom stereocenters. The predicted octanol–water partition coefficient (Wildman–Crippen LogP) is 4.06. The molecule has 29 heavy (non-hydrogen) atoms. The van der Waals surface area contributed by atoms with Gasteiger partial charge in [-0.25, -0.2) is 19.3 Å². The molecule has 1 aliphatic carbocycles. The van der Waals surface area contributed by atoms with E-state index in [4.69, 9.17) is 0 Å². The molecule has 0 aromatic carbocycles. The number of piperidine rings is 1. The maximum absolute atomic E-state index is 14.4. The number of nitrogens with one attached hydrogen (secondary N) is 1. The Morgan fingerprint density at radius 1 is 1.21 bits per heavy atom. The van der Waals surface area contributed by atoms with Gasteiger partial charge in [-0.3, -0.25) is 4.79 Å². The smallest absolute Gasteiger partial charge is 0.351 e. The molecule has 2 aliphatic rings. The molecule has 1 aliphatic heterocycles. The van der Waals surface area contributed by atoms with Gasteiger partial charge in [0.2, 0.25) is 11.9 Å². The Morgan fingerprint density at radius 3 is 2.48 bits per heavy atom. The minimum Gasteiger partial charge on any atom is -0.351 e. The average molecular weight is 429 g/mol. The van der Waals surface area contributed by atoms with Crippen LogP contribution in [-0.4, -0.2) is 44.9 Å². The molecule has 2 aromatic heterocycles. The van der Waals surface area contributed by atoms with Crippen molar-refractivity contribution in [3.63, 3.8) is 0 Å². The third-order valence-corrected chi connectivity index (χ3v) is 6.30. The van der Waals surface area contributed by atoms with Gasteiger partial charge in [0.15, 0.2) is 11.5 Å². The highest BCUT2D eigenvalue weighted by molar-refractivity contribution is 7.15. The van der Waals surface area contributed by atoms with Gasteiger partial charge in [0, 0.05) is 32.0 Å². The number of hydrogen-bond donors (Lipinski definition) is 1. The first kappa shape index (κ1) is 20.0. The summed E-state index contributed by atoms with van der Waals surface area (Å²) in [5.41, 5.74) is -1.48. The summed E-state index contributed by atoms with van der Waals surface area (Å²) in [5, 5.41) is 3.43. The van der Waals surface area contributed by atoms with Crippen LogP contribution in [0.2, 0.25) is 0 Å². The first-order valence-corrected chi connectivity index (χ1v) is 10.2. The Morgan fingerprint density at radius 2 is 1.90 bits per heavy atom. The highest BCUT2D eigenvalue weighted by Gasteiger charge is 2.41. The fourth-order valence-corrected chi connectivity index (χ4v) is 4.56. The van der Waals surface area contributed by atoms with Crippen LogP contribution in [0.15, 0.2) is 6.20 Å². The van der Waals surface area contributed by atoms with E-state index in [-0.39, 0.29) is 34.4 Å². The number of halogens is 4. The van der Waals surface area contributed by atoms with Crippen molar-refractivity contribution in [2.75, 3.05) is 18.4 Å². The van der Waals surface area contributed by atoms with E-state index in [1.54, 1.807) is 4.90 Å². The lowest BCUT2D eigenvalue weighted by molar-refractivity contribution is -0.140. The molecule has 1 saturated carbocycles. The van der Waals surface area contributed by atoms with E-state index in [0.717, 1.165) is 30.4 Å². The maximum Gasteiger partial charge on any atom is 0.434 e. The lowest BCUT2D eigenvalue weighted by Gasteiger charge is -2.31. The second-order valence-electron chi connectivity index (χ2n) is 7.32. The zero-order valence-electron chi connectivity index (χ0n) is 15.6. The molecule has 0 radical (unpaired) electrons. The van der Waals surface area contributed by atoms with Crippen LogP contribution in [0, 0.1) is 5.82 Å². The third kappa shape index (κ3) is 4.34. The second kappa shape index (κ2) is 7.51. The molecular formula is C18H19F4N5OS. The van der Waals surface area contributed by atoms with E-state index in [2.05, 4.69) is 20.3 Å². The van der Waals surface area contributed by atoms with Gasteiger partial charge >= 0.3 is 6.18 Å². The molecule has 1 saturated heterocycles. The normalized spacial score (nSPS) is 18.2. The molecular weight excluding hydrogens is 410 g/mol. The maximum atomic E-state index is 14.4. The number of alkyl halides is 3. The molecule has 156 valence electrons. The first-order chi connectivity index (χ1) is 13.7. The van der Waals surface area contributed by atoms with Gasteiger partial charge in [0.05, 0.1) is 16.1 Å². The Hall–Kier alpha value is -2.30. The van der Waals surface area contributed by atoms with Crippen LogP contribution in [-0.2, 0) is 11.0 Å². The number of anilines is 1. The second-order valence-corrected chi connectivity index (χ2v) is 8.35. The van der Waals surface area contributed by atoms with E-state index < -0.39 is 17.7 Å². The summed E-state index contributed by atoms with van der Waals surface area (Å²) in [7, 11) is 0. The summed E-state index contributed by atoms with van der Waals surface area (Å²) in [6, 6.07) is -0.0468. The number of nitrogens with zero attached hydrogens (tertiary/aromatic N) is 4. The Kier molecular flexibility index (Phi) is 5.18. The largest absolute Gasteiger partial charge is 0.434 e. The molecule has 3 heterocycles. The SMILES string of the molecule is CC(=O)N1CCC(Nc2ncc(F)c(-c3sc(C4CC4)nc3C(F)(F)F)n2)CC1. The van der Waals surface area contributed by atoms with Crippen LogP contribution in [0.3, 0.4) is 0 Å². The summed E-state index contributed by atoms with van der Waals surface area (Å²) in [4.78, 5) is 24.5. The quantitative estimate of drug-likeness (QED) is 0.743. The molecule has 6 nitrogen and oxygen atoms in total. The van der Waals surface area contributed by atoms with Crippen LogP contribution in [0.25, 0.3) is 10.6 Å². The summed E-state index contributed by atoms with van der Waals surface area (Å²) in [5.74, 6) is -0.834. The molecule has 0 spiro atoms. The van der Waals surface area contributed by atoms with Crippen molar-refractivity contribution in [1.29, 1.82) is 0 Å². The fourth-order valence-electron chi connectivity index (χ4n) is 3.31. The number of hydrogen-bond acceptors (Lipinski definition) is 6. The Balaban J connectivity index is 1.59. The van der Waals surface area contributed by atoms with Crippen LogP contribution < -0.4 is 5.32 Å². The average Bonchev–Trinajstić information content (AvgIpc) is 3.41. The number of amides is 1. The molecule has 0 bridgehead atoms. The number of rotatable bonds is 4. The van der Waals surface area contributed by atoms with Gasteiger partial charge < -0.3 is 10.2 Å². The molecule has 0 unspecified atom stereocenters. The molecule has 1 amide bonds. The van der Waals surface area contributed by atoms with Crippen molar-refractivity contribution in [3.8, 4) is 10.6 Å². The van der Waals surface area contributed by atoms with Crippen molar-refractivity contribution in [1.82, 2.24) is 19.9 Å². The van der Waals surface area contributed by atoms with Crippen molar-refractivity contribution < 1.29 is 22.4 Å². The van der Waals surface area contributed by atoms with Crippen LogP contribution in [0.4, 0.5) is 23.5 Å². The zero-order valence-corrected chi connectivity index (χ0v) is 16.4. The minimum atomic E-state index is -4.69. The lowest BCUT2D eigenvalue weighted by atomic mass is 10.1. The third-order valence-electron chi connectivity index (χ3n) is 5.07. The van der Waals surface area contributed by atoms with Gasteiger partial charge in [-0.15, -0.1) is 11.3 Å². The zero-order chi connectivity index (χ0) is 20.8. The van der Waals surface area contributed by atoms with E-state index in [1.807, 2.05) is 0 Å². The molecule has 2 fully saturated rings. The minimum absolute atomic E-state index is 0.000103. The van der Waals surface area contributed by atoms with Crippen LogP contribution in [0.5, 0.6) is 0 Å². The fraction of sp³-hybridized carbons (Fsp3) is 0.556. The van der Waals surface area contributed by atoms with Gasteiger partial charge in [-0.2, -0.15) is 13.2 Å². The van der Waals surface area contributed by atoms with Crippen molar-refractivity contribution in [2.24, 2.45) is 0 Å². The Bertz CT molecular complexity index is 919. The van der Waals surface area contributed by atoms with Gasteiger partial charge in [0.1, 0.15) is 5.69 Å². The Labute approximate surface area is 168 Å². The summed E-state index contributed by atoms with van der Waals surface area (Å²) >= 11 is 0.849. The van der Waals surface area contributed by atoms with E-state index in [1.165, 1.54) is 6.92 Å². The summed E-state index contributed by atoms with van der Waals surface area (Å²) in [6.07, 6.45) is -0.925. The number of likely N-dealkylation sites (tertiary alicyclic amines) is 1. The number of carbonyl (C=O) groups excluding carboxylic acids is 1. The lowest BCUT2D eigenvalue weighted by Crippen LogP contribution is -2.41. The standard InChI is InChI=1S/C18H19F4N5OS/c1-9(28)27-6-4-11(5-7-27)24-17-23-8-12(19)13(25-17)14-15(18(20,21)22)26-16(29-14)10-2-3-10/h8,10-11H,2-7H2,1H3,(H,23,24,25). The summed E-state index contributed by atoms with van der Waals surface area (Å²) in [6.45, 7) is 2.64. The van der Waals surface area contributed by atoms with E-state index in [9.17, 15) is 22.4 Å². The number of aromatic nitrogens is 3. The topological polar surface area (TPSA) is 71.0 Å². The van der Waals surface area contributed by atoms with Crippen molar-refractivity contribution >= 4 is 23.2 Å². The van der Waals surface area contributed by atoms with E-state index in [0.29, 0.717) is 30.9 Å². The molecule has 2 aromatic rings. The number of thiazole rings is 1. The highest BCUT2D eigenvalue weighted by Crippen LogP contribution is 2.48. The van der Waals surface area contributed by atoms with Gasteiger partial charge in [-0.05, 0) is 25.7 Å². The first-order valence-electron chi connectivity index (χ1n) is 9.35. The van der Waals surface area contributed by atoms with Crippen LogP contribution in [0.1, 0.15) is 49.2 Å². The predicted molar refractivity (Wildman–Crippen MR) is 99.0 cm³/mol. The molecule has 1 N–H and O–H groups in total. The van der Waals surface area contributed by atoms with Crippen molar-refractivity contribution in [2.45, 2.75) is 50.7 Å². The number of carbonyl (C=O) groups is 1. The van der Waals surface area contributed by atoms with Crippen molar-refractivity contribution in [3.05, 3.63) is 22.7 Å². The van der Waals surface area contributed by atoms with Crippen LogP contribution >= 0.6 is 11.3 Å². The van der Waals surface area contributed by atoms with Gasteiger partial charge in [-0.1, -0.05) is 0 Å². The van der Waals surface area contributed by atoms with E-state index >= 15 is 0 Å². The molecule has 11 heteroatoms. The summed E-state index contributed by atoms with van der Waals surface area (Å²) < 4.78 is 54.8. The highest BCUT2D eigenvalue weighted by atomic mass is 32.1. The monoisotopic (exact) mass is 429 g/mol. The molecule has 4 rings (SSSR count). The van der Waals surface area contributed by atoms with Gasteiger partial charge in [0.25, 0.3) is 0 Å².